The summed E-state index contributed by atoms with van der Waals surface area (Å²) < 4.78 is 7.93. The van der Waals surface area contributed by atoms with Crippen LogP contribution in [0.1, 0.15) is 36.7 Å². The molecule has 1 aromatic heterocycles. The lowest BCUT2D eigenvalue weighted by Gasteiger charge is -2.09. The Morgan fingerprint density at radius 3 is 2.69 bits per heavy atom. The first-order valence-corrected chi connectivity index (χ1v) is 12.0. The topological polar surface area (TPSA) is 99.6 Å². The fourth-order valence-corrected chi connectivity index (χ4v) is 3.87. The molecule has 0 N–H and O–H groups in total. The first-order valence-electron chi connectivity index (χ1n) is 11.2. The van der Waals surface area contributed by atoms with Crippen LogP contribution in [-0.2, 0) is 13.0 Å². The zero-order chi connectivity index (χ0) is 24.8. The number of halogens is 1. The number of nitro benzene ring substituents is 1. The Kier molecular flexibility index (Phi) is 7.67. The van der Waals surface area contributed by atoms with Crippen LogP contribution in [-0.4, -0.2) is 20.8 Å². The second-order valence-corrected chi connectivity index (χ2v) is 8.85. The third-order valence-electron chi connectivity index (χ3n) is 5.36. The average Bonchev–Trinajstić information content (AvgIpc) is 2.87. The normalized spacial score (nSPS) is 11.3. The third-order valence-corrected chi connectivity index (χ3v) is 5.85. The standard InChI is InChI=1S/C26H23BrN4O4/c1-2-3-7-25-29-24-13-10-20(27)15-23(24)26(32)30(25)28-16-18-8-11-22(12-9-18)35-17-19-5-4-6-21(14-19)31(33)34/h4-6,8-16H,2-3,7,17H2,1H3. The number of nitrogens with zero attached hydrogens (tertiary/aromatic N) is 4. The van der Waals surface area contributed by atoms with Crippen molar-refractivity contribution in [3.05, 3.63) is 109 Å². The van der Waals surface area contributed by atoms with Gasteiger partial charge in [0, 0.05) is 23.0 Å². The molecule has 0 aliphatic heterocycles. The van der Waals surface area contributed by atoms with Gasteiger partial charge in [0.1, 0.15) is 18.2 Å². The molecule has 0 amide bonds. The van der Waals surface area contributed by atoms with Gasteiger partial charge in [-0.15, -0.1) is 0 Å². The van der Waals surface area contributed by atoms with Crippen molar-refractivity contribution >= 4 is 38.7 Å². The molecule has 4 aromatic rings. The minimum Gasteiger partial charge on any atom is -0.489 e. The highest BCUT2D eigenvalue weighted by Gasteiger charge is 2.11. The van der Waals surface area contributed by atoms with Gasteiger partial charge in [0.2, 0.25) is 0 Å². The van der Waals surface area contributed by atoms with Crippen LogP contribution in [0, 0.1) is 10.1 Å². The highest BCUT2D eigenvalue weighted by molar-refractivity contribution is 9.10. The van der Waals surface area contributed by atoms with Crippen LogP contribution in [0.5, 0.6) is 5.75 Å². The molecule has 0 spiro atoms. The minimum absolute atomic E-state index is 0.0294. The molecule has 0 saturated heterocycles. The summed E-state index contributed by atoms with van der Waals surface area (Å²) >= 11 is 3.42. The Balaban J connectivity index is 1.53. The van der Waals surface area contributed by atoms with E-state index < -0.39 is 4.92 Å². The van der Waals surface area contributed by atoms with E-state index >= 15 is 0 Å². The summed E-state index contributed by atoms with van der Waals surface area (Å²) in [6.07, 6.45) is 4.16. The van der Waals surface area contributed by atoms with Crippen molar-refractivity contribution in [2.75, 3.05) is 0 Å². The molecule has 8 nitrogen and oxygen atoms in total. The molecule has 0 aliphatic carbocycles. The number of benzene rings is 3. The summed E-state index contributed by atoms with van der Waals surface area (Å²) in [4.78, 5) is 28.3. The molecule has 0 unspecified atom stereocenters. The van der Waals surface area contributed by atoms with Crippen LogP contribution in [0.25, 0.3) is 10.9 Å². The number of non-ortho nitro benzene ring substituents is 1. The summed E-state index contributed by atoms with van der Waals surface area (Å²) in [6, 6.07) is 19.0. The van der Waals surface area contributed by atoms with Crippen molar-refractivity contribution in [1.29, 1.82) is 0 Å². The minimum atomic E-state index is -0.430. The second kappa shape index (κ2) is 11.1. The van der Waals surface area contributed by atoms with Crippen LogP contribution in [0.2, 0.25) is 0 Å². The predicted molar refractivity (Wildman–Crippen MR) is 139 cm³/mol. The van der Waals surface area contributed by atoms with Crippen LogP contribution >= 0.6 is 15.9 Å². The molecule has 0 fully saturated rings. The van der Waals surface area contributed by atoms with Crippen molar-refractivity contribution in [3.63, 3.8) is 0 Å². The van der Waals surface area contributed by atoms with Gasteiger partial charge in [0.05, 0.1) is 22.0 Å². The molecule has 3 aromatic carbocycles. The van der Waals surface area contributed by atoms with Crippen molar-refractivity contribution in [2.24, 2.45) is 5.10 Å². The van der Waals surface area contributed by atoms with Crippen molar-refractivity contribution in [2.45, 2.75) is 32.8 Å². The quantitative estimate of drug-likeness (QED) is 0.152. The van der Waals surface area contributed by atoms with E-state index in [1.165, 1.54) is 16.8 Å². The van der Waals surface area contributed by atoms with Gasteiger partial charge in [0.15, 0.2) is 0 Å². The van der Waals surface area contributed by atoms with E-state index in [4.69, 9.17) is 4.74 Å². The maximum absolute atomic E-state index is 13.2. The van der Waals surface area contributed by atoms with Gasteiger partial charge in [-0.25, -0.2) is 4.98 Å². The molecule has 178 valence electrons. The number of hydrogen-bond acceptors (Lipinski definition) is 6. The van der Waals surface area contributed by atoms with Gasteiger partial charge < -0.3 is 4.74 Å². The van der Waals surface area contributed by atoms with E-state index in [0.717, 1.165) is 22.9 Å². The molecule has 0 bridgehead atoms. The third kappa shape index (κ3) is 5.99. The molecular weight excluding hydrogens is 512 g/mol. The maximum atomic E-state index is 13.2. The number of hydrogen-bond donors (Lipinski definition) is 0. The van der Waals surface area contributed by atoms with E-state index in [-0.39, 0.29) is 17.9 Å². The first-order chi connectivity index (χ1) is 16.9. The molecule has 0 radical (unpaired) electrons. The van der Waals surface area contributed by atoms with Crippen LogP contribution in [0.15, 0.2) is 81.1 Å². The summed E-state index contributed by atoms with van der Waals surface area (Å²) in [6.45, 7) is 2.30. The lowest BCUT2D eigenvalue weighted by molar-refractivity contribution is -0.384. The number of nitro groups is 1. The number of rotatable bonds is 9. The largest absolute Gasteiger partial charge is 0.489 e. The predicted octanol–water partition coefficient (Wildman–Crippen LogP) is 5.87. The molecule has 0 atom stereocenters. The maximum Gasteiger partial charge on any atom is 0.282 e. The lowest BCUT2D eigenvalue weighted by atomic mass is 10.2. The highest BCUT2D eigenvalue weighted by Crippen LogP contribution is 2.18. The monoisotopic (exact) mass is 534 g/mol. The molecule has 0 saturated carbocycles. The smallest absolute Gasteiger partial charge is 0.282 e. The summed E-state index contributed by atoms with van der Waals surface area (Å²) in [5, 5.41) is 15.9. The van der Waals surface area contributed by atoms with E-state index in [0.29, 0.717) is 34.5 Å². The second-order valence-electron chi connectivity index (χ2n) is 7.94. The first kappa shape index (κ1) is 24.3. The van der Waals surface area contributed by atoms with Gasteiger partial charge in [-0.1, -0.05) is 41.4 Å². The molecule has 0 aliphatic rings. The average molecular weight is 535 g/mol. The summed E-state index contributed by atoms with van der Waals surface area (Å²) in [5.74, 6) is 1.24. The van der Waals surface area contributed by atoms with Crippen molar-refractivity contribution in [3.8, 4) is 5.75 Å². The lowest BCUT2D eigenvalue weighted by Crippen LogP contribution is -2.22. The zero-order valence-electron chi connectivity index (χ0n) is 19.1. The Bertz CT molecular complexity index is 1450. The Morgan fingerprint density at radius 1 is 1.14 bits per heavy atom. The number of unbranched alkanes of at least 4 members (excludes halogenated alkanes) is 1. The summed E-state index contributed by atoms with van der Waals surface area (Å²) in [5.41, 5.74) is 1.97. The number of aromatic nitrogens is 2. The van der Waals surface area contributed by atoms with E-state index in [2.05, 4.69) is 32.9 Å². The van der Waals surface area contributed by atoms with Gasteiger partial charge >= 0.3 is 0 Å². The van der Waals surface area contributed by atoms with Gasteiger partial charge in [-0.2, -0.15) is 9.78 Å². The fourth-order valence-electron chi connectivity index (χ4n) is 3.51. The molecule has 9 heteroatoms. The fraction of sp³-hybridized carbons (Fsp3) is 0.192. The van der Waals surface area contributed by atoms with Crippen LogP contribution < -0.4 is 10.3 Å². The van der Waals surface area contributed by atoms with Gasteiger partial charge in [-0.3, -0.25) is 14.9 Å². The molecule has 1 heterocycles. The van der Waals surface area contributed by atoms with Crippen LogP contribution in [0.4, 0.5) is 5.69 Å². The Labute approximate surface area is 210 Å². The summed E-state index contributed by atoms with van der Waals surface area (Å²) in [7, 11) is 0. The zero-order valence-corrected chi connectivity index (χ0v) is 20.6. The Hall–Kier alpha value is -3.85. The van der Waals surface area contributed by atoms with E-state index in [1.807, 2.05) is 24.3 Å². The number of aryl methyl sites for hydroxylation is 1. The van der Waals surface area contributed by atoms with Crippen molar-refractivity contribution < 1.29 is 9.66 Å². The van der Waals surface area contributed by atoms with Crippen molar-refractivity contribution in [1.82, 2.24) is 9.66 Å². The molecule has 35 heavy (non-hydrogen) atoms. The number of fused-ring (bicyclic) bond motifs is 1. The SMILES string of the molecule is CCCCc1nc2ccc(Br)cc2c(=O)n1N=Cc1ccc(OCc2cccc([N+](=O)[O-])c2)cc1. The van der Waals surface area contributed by atoms with Gasteiger partial charge in [-0.05, 0) is 60.0 Å². The van der Waals surface area contributed by atoms with Gasteiger partial charge in [0.25, 0.3) is 11.2 Å². The van der Waals surface area contributed by atoms with Crippen LogP contribution in [0.3, 0.4) is 0 Å². The number of ether oxygens (including phenoxy) is 1. The molecule has 4 rings (SSSR count). The van der Waals surface area contributed by atoms with E-state index in [9.17, 15) is 14.9 Å². The Morgan fingerprint density at radius 2 is 1.94 bits per heavy atom. The molecular formula is C26H23BrN4O4. The van der Waals surface area contributed by atoms with E-state index in [1.54, 1.807) is 36.5 Å². The highest BCUT2D eigenvalue weighted by atomic mass is 79.9.